The van der Waals surface area contributed by atoms with Gasteiger partial charge in [0.05, 0.1) is 5.56 Å². The summed E-state index contributed by atoms with van der Waals surface area (Å²) in [5.41, 5.74) is 1.18. The van der Waals surface area contributed by atoms with E-state index in [2.05, 4.69) is 22.5 Å². The van der Waals surface area contributed by atoms with Crippen LogP contribution in [-0.4, -0.2) is 35.5 Å². The third kappa shape index (κ3) is 2.58. The molecule has 6 rings (SSSR count). The zero-order valence-corrected chi connectivity index (χ0v) is 16.1. The first kappa shape index (κ1) is 17.1. The molecule has 1 spiro atoms. The number of likely N-dealkylation sites (tertiary alicyclic amines) is 1. The van der Waals surface area contributed by atoms with Crippen molar-refractivity contribution in [2.75, 3.05) is 18.4 Å². The molecule has 4 fully saturated rings. The number of hydrogen-bond donors (Lipinski definition) is 2. The monoisotopic (exact) mass is 367 g/mol. The van der Waals surface area contributed by atoms with Crippen molar-refractivity contribution < 1.29 is 9.59 Å². The number of amides is 2. The quantitative estimate of drug-likeness (QED) is 0.800. The van der Waals surface area contributed by atoms with Gasteiger partial charge in [-0.1, -0.05) is 19.1 Å². The lowest BCUT2D eigenvalue weighted by atomic mass is 9.51. The molecule has 0 unspecified atom stereocenters. The lowest BCUT2D eigenvalue weighted by Gasteiger charge is -2.61. The number of piperidine rings is 1. The maximum atomic E-state index is 13.3. The largest absolute Gasteiger partial charge is 0.362 e. The molecule has 2 amide bonds. The molecule has 5 aliphatic rings. The molecule has 1 saturated heterocycles. The second kappa shape index (κ2) is 5.98. The Kier molecular flexibility index (Phi) is 3.78. The zero-order valence-electron chi connectivity index (χ0n) is 16.1. The fourth-order valence-corrected chi connectivity index (χ4v) is 6.16. The van der Waals surface area contributed by atoms with Gasteiger partial charge in [0.15, 0.2) is 0 Å². The van der Waals surface area contributed by atoms with Crippen LogP contribution in [0.3, 0.4) is 0 Å². The van der Waals surface area contributed by atoms with E-state index in [-0.39, 0.29) is 17.2 Å². The van der Waals surface area contributed by atoms with Crippen LogP contribution in [0.2, 0.25) is 0 Å². The van der Waals surface area contributed by atoms with Crippen LogP contribution in [-0.2, 0) is 4.79 Å². The Bertz CT molecular complexity index is 788. The van der Waals surface area contributed by atoms with Gasteiger partial charge in [0, 0.05) is 30.6 Å². The summed E-state index contributed by atoms with van der Waals surface area (Å²) in [4.78, 5) is 28.2. The number of anilines is 1. The van der Waals surface area contributed by atoms with E-state index in [0.717, 1.165) is 62.9 Å². The lowest BCUT2D eigenvalue weighted by molar-refractivity contribution is -0.151. The summed E-state index contributed by atoms with van der Waals surface area (Å²) in [5, 5.41) is 6.99. The summed E-state index contributed by atoms with van der Waals surface area (Å²) in [6, 6.07) is 7.75. The average Bonchev–Trinajstić information content (AvgIpc) is 2.68. The van der Waals surface area contributed by atoms with Gasteiger partial charge in [-0.05, 0) is 62.5 Å². The van der Waals surface area contributed by atoms with Crippen molar-refractivity contribution >= 4 is 17.5 Å². The highest BCUT2D eigenvalue weighted by molar-refractivity contribution is 6.02. The first-order valence-electron chi connectivity index (χ1n) is 10.5. The molecular formula is C22H29N3O2. The van der Waals surface area contributed by atoms with E-state index in [1.54, 1.807) is 0 Å². The van der Waals surface area contributed by atoms with Gasteiger partial charge in [-0.2, -0.15) is 0 Å². The second-order valence-corrected chi connectivity index (χ2v) is 9.34. The van der Waals surface area contributed by atoms with Crippen LogP contribution in [0, 0.1) is 17.3 Å². The van der Waals surface area contributed by atoms with Crippen LogP contribution in [0.4, 0.5) is 5.69 Å². The third-order valence-corrected chi connectivity index (χ3v) is 7.64. The number of nitrogens with zero attached hydrogens (tertiary/aromatic N) is 1. The van der Waals surface area contributed by atoms with Gasteiger partial charge in [-0.25, -0.2) is 0 Å². The maximum Gasteiger partial charge on any atom is 0.255 e. The number of nitrogens with one attached hydrogen (secondary N) is 2. The summed E-state index contributed by atoms with van der Waals surface area (Å²) >= 11 is 0. The van der Waals surface area contributed by atoms with Crippen LogP contribution < -0.4 is 10.6 Å². The molecule has 3 saturated carbocycles. The molecule has 3 aliphatic carbocycles. The van der Waals surface area contributed by atoms with E-state index < -0.39 is 5.66 Å². The number of rotatable bonds is 1. The molecule has 0 radical (unpaired) electrons. The minimum Gasteiger partial charge on any atom is -0.362 e. The summed E-state index contributed by atoms with van der Waals surface area (Å²) in [6.45, 7) is 4.11. The SMILES string of the molecule is C[C@@]12CC[C@@H](C[C@H]1C(=O)N1CCCCC1)[C@]1(C2)NC(=O)c2ccccc2N1. The Morgan fingerprint density at radius 2 is 1.93 bits per heavy atom. The van der Waals surface area contributed by atoms with Gasteiger partial charge >= 0.3 is 0 Å². The molecular weight excluding hydrogens is 338 g/mol. The van der Waals surface area contributed by atoms with Gasteiger partial charge in [0.25, 0.3) is 5.91 Å². The number of para-hydroxylation sites is 1. The Morgan fingerprint density at radius 1 is 1.15 bits per heavy atom. The Balaban J connectivity index is 1.43. The van der Waals surface area contributed by atoms with E-state index in [4.69, 9.17) is 0 Å². The molecule has 5 nitrogen and oxygen atoms in total. The van der Waals surface area contributed by atoms with Crippen LogP contribution in [0.5, 0.6) is 0 Å². The van der Waals surface area contributed by atoms with Crippen molar-refractivity contribution in [3.05, 3.63) is 29.8 Å². The van der Waals surface area contributed by atoms with E-state index in [1.165, 1.54) is 6.42 Å². The highest BCUT2D eigenvalue weighted by Gasteiger charge is 2.60. The molecule has 2 aliphatic heterocycles. The van der Waals surface area contributed by atoms with Crippen LogP contribution >= 0.6 is 0 Å². The molecule has 2 N–H and O–H groups in total. The Hall–Kier alpha value is -2.04. The standard InChI is InChI=1S/C22H29N3O2/c1-21-10-9-15(13-17(21)20(27)25-11-5-2-6-12-25)22(14-21)23-18-8-4-3-7-16(18)19(26)24-22/h3-4,7-8,15,17,23H,2,5-6,9-14H2,1H3,(H,24,26)/t15-,17-,21-,22-/m0/s1. The van der Waals surface area contributed by atoms with Crippen LogP contribution in [0.25, 0.3) is 0 Å². The van der Waals surface area contributed by atoms with Crippen molar-refractivity contribution in [1.82, 2.24) is 10.2 Å². The molecule has 27 heavy (non-hydrogen) atoms. The molecule has 2 heterocycles. The highest BCUT2D eigenvalue weighted by atomic mass is 16.2. The Morgan fingerprint density at radius 3 is 2.70 bits per heavy atom. The molecule has 5 heteroatoms. The summed E-state index contributed by atoms with van der Waals surface area (Å²) in [5.74, 6) is 0.768. The summed E-state index contributed by atoms with van der Waals surface area (Å²) < 4.78 is 0. The second-order valence-electron chi connectivity index (χ2n) is 9.34. The predicted molar refractivity (Wildman–Crippen MR) is 104 cm³/mol. The van der Waals surface area contributed by atoms with Gasteiger partial charge in [-0.15, -0.1) is 0 Å². The molecule has 1 aromatic rings. The minimum absolute atomic E-state index is 0.0133. The van der Waals surface area contributed by atoms with Crippen molar-refractivity contribution in [1.29, 1.82) is 0 Å². The Labute approximate surface area is 160 Å². The van der Waals surface area contributed by atoms with E-state index in [1.807, 2.05) is 24.3 Å². The van der Waals surface area contributed by atoms with E-state index in [0.29, 0.717) is 11.8 Å². The number of fused-ring (bicyclic) bond motifs is 3. The van der Waals surface area contributed by atoms with Crippen molar-refractivity contribution in [3.8, 4) is 0 Å². The lowest BCUT2D eigenvalue weighted by Crippen LogP contribution is -2.70. The van der Waals surface area contributed by atoms with Crippen molar-refractivity contribution in [3.63, 3.8) is 0 Å². The van der Waals surface area contributed by atoms with Crippen LogP contribution in [0.1, 0.15) is 62.2 Å². The fraction of sp³-hybridized carbons (Fsp3) is 0.636. The smallest absolute Gasteiger partial charge is 0.255 e. The third-order valence-electron chi connectivity index (χ3n) is 7.64. The van der Waals surface area contributed by atoms with Gasteiger partial charge in [0.1, 0.15) is 5.66 Å². The molecule has 0 aromatic heterocycles. The van der Waals surface area contributed by atoms with E-state index >= 15 is 0 Å². The topological polar surface area (TPSA) is 61.4 Å². The molecule has 1 aromatic carbocycles. The maximum absolute atomic E-state index is 13.3. The average molecular weight is 367 g/mol. The molecule has 2 bridgehead atoms. The first-order valence-corrected chi connectivity index (χ1v) is 10.5. The van der Waals surface area contributed by atoms with Gasteiger partial charge < -0.3 is 15.5 Å². The van der Waals surface area contributed by atoms with Crippen molar-refractivity contribution in [2.45, 2.75) is 57.5 Å². The number of carbonyl (C=O) groups is 2. The minimum atomic E-state index is -0.406. The zero-order chi connectivity index (χ0) is 18.6. The van der Waals surface area contributed by atoms with Gasteiger partial charge in [0.2, 0.25) is 5.91 Å². The summed E-state index contributed by atoms with van der Waals surface area (Å²) in [7, 11) is 0. The molecule has 144 valence electrons. The summed E-state index contributed by atoms with van der Waals surface area (Å²) in [6.07, 6.45) is 7.36. The van der Waals surface area contributed by atoms with Crippen LogP contribution in [0.15, 0.2) is 24.3 Å². The highest BCUT2D eigenvalue weighted by Crippen LogP contribution is 2.58. The number of hydrogen-bond acceptors (Lipinski definition) is 3. The number of carbonyl (C=O) groups excluding carboxylic acids is 2. The number of benzene rings is 1. The first-order chi connectivity index (χ1) is 13.0. The fourth-order valence-electron chi connectivity index (χ4n) is 6.16. The van der Waals surface area contributed by atoms with E-state index in [9.17, 15) is 9.59 Å². The van der Waals surface area contributed by atoms with Gasteiger partial charge in [-0.3, -0.25) is 9.59 Å². The normalized spacial score (nSPS) is 37.5. The predicted octanol–water partition coefficient (Wildman–Crippen LogP) is 3.38. The van der Waals surface area contributed by atoms with Crippen molar-refractivity contribution in [2.24, 2.45) is 17.3 Å². The molecule has 4 atom stereocenters.